The molecule has 0 saturated carbocycles. The molecule has 5 nitrogen and oxygen atoms in total. The van der Waals surface area contributed by atoms with E-state index in [1.165, 1.54) is 7.11 Å². The van der Waals surface area contributed by atoms with Gasteiger partial charge in [-0.1, -0.05) is 0 Å². The van der Waals surface area contributed by atoms with E-state index in [4.69, 9.17) is 5.73 Å². The van der Waals surface area contributed by atoms with Crippen LogP contribution < -0.4 is 16.4 Å². The van der Waals surface area contributed by atoms with Gasteiger partial charge >= 0.3 is 5.97 Å². The fraction of sp³-hybridized carbons (Fsp3) is 0.889. The van der Waals surface area contributed by atoms with Crippen LogP contribution in [0.5, 0.6) is 0 Å². The molecule has 1 fully saturated rings. The smallest absolute Gasteiger partial charge is 0.324 e. The second-order valence-electron chi connectivity index (χ2n) is 3.50. The van der Waals surface area contributed by atoms with E-state index in [2.05, 4.69) is 15.4 Å². The van der Waals surface area contributed by atoms with Crippen LogP contribution in [0.2, 0.25) is 0 Å². The number of hydrogen-bond donors (Lipinski definition) is 3. The van der Waals surface area contributed by atoms with Crippen molar-refractivity contribution in [2.24, 2.45) is 5.73 Å². The van der Waals surface area contributed by atoms with Crippen LogP contribution in [0.1, 0.15) is 12.8 Å². The summed E-state index contributed by atoms with van der Waals surface area (Å²) in [6.07, 6.45) is 2.07. The van der Waals surface area contributed by atoms with Gasteiger partial charge < -0.3 is 21.1 Å². The number of methoxy groups -OCH3 is 1. The van der Waals surface area contributed by atoms with Gasteiger partial charge in [-0.3, -0.25) is 4.79 Å². The van der Waals surface area contributed by atoms with Crippen molar-refractivity contribution in [1.29, 1.82) is 0 Å². The van der Waals surface area contributed by atoms with E-state index in [0.717, 1.165) is 25.9 Å². The first-order valence-corrected chi connectivity index (χ1v) is 5.02. The number of carbonyl (C=O) groups excluding carboxylic acids is 1. The summed E-state index contributed by atoms with van der Waals surface area (Å²) >= 11 is 0. The Morgan fingerprint density at radius 3 is 2.79 bits per heavy atom. The Bertz CT molecular complexity index is 181. The molecule has 1 aliphatic rings. The lowest BCUT2D eigenvalue weighted by atomic mass is 10.1. The standard InChI is InChI=1S/C9H19N3O2/c1-14-9(13)8(6-10)12-7-2-4-11-5-3-7/h7-8,11-12H,2-6,10H2,1H3/t8-/m1/s1. The second kappa shape index (κ2) is 5.95. The van der Waals surface area contributed by atoms with Crippen molar-refractivity contribution in [3.63, 3.8) is 0 Å². The van der Waals surface area contributed by atoms with Crippen molar-refractivity contribution in [2.75, 3.05) is 26.7 Å². The Balaban J connectivity index is 2.34. The first kappa shape index (κ1) is 11.4. The predicted molar refractivity (Wildman–Crippen MR) is 53.9 cm³/mol. The molecule has 1 atom stereocenters. The fourth-order valence-corrected chi connectivity index (χ4v) is 1.65. The van der Waals surface area contributed by atoms with E-state index < -0.39 is 0 Å². The van der Waals surface area contributed by atoms with Crippen molar-refractivity contribution < 1.29 is 9.53 Å². The van der Waals surface area contributed by atoms with Crippen molar-refractivity contribution in [3.05, 3.63) is 0 Å². The molecule has 0 aliphatic carbocycles. The number of piperidine rings is 1. The monoisotopic (exact) mass is 201 g/mol. The maximum Gasteiger partial charge on any atom is 0.324 e. The second-order valence-corrected chi connectivity index (χ2v) is 3.50. The Morgan fingerprint density at radius 1 is 1.64 bits per heavy atom. The van der Waals surface area contributed by atoms with E-state index in [-0.39, 0.29) is 18.6 Å². The highest BCUT2D eigenvalue weighted by Gasteiger charge is 2.22. The fourth-order valence-electron chi connectivity index (χ4n) is 1.65. The maximum atomic E-state index is 11.2. The van der Waals surface area contributed by atoms with Crippen LogP contribution in [0.3, 0.4) is 0 Å². The number of nitrogens with two attached hydrogens (primary N) is 1. The van der Waals surface area contributed by atoms with E-state index in [1.54, 1.807) is 0 Å². The maximum absolute atomic E-state index is 11.2. The first-order chi connectivity index (χ1) is 6.77. The molecular formula is C9H19N3O2. The van der Waals surface area contributed by atoms with E-state index in [9.17, 15) is 4.79 Å². The van der Waals surface area contributed by atoms with Gasteiger partial charge in [-0.15, -0.1) is 0 Å². The molecule has 14 heavy (non-hydrogen) atoms. The lowest BCUT2D eigenvalue weighted by Gasteiger charge is -2.27. The normalized spacial score (nSPS) is 20.4. The molecule has 0 radical (unpaired) electrons. The molecule has 1 heterocycles. The third-order valence-corrected chi connectivity index (χ3v) is 2.50. The average Bonchev–Trinajstić information content (AvgIpc) is 2.26. The van der Waals surface area contributed by atoms with E-state index in [0.29, 0.717) is 6.04 Å². The summed E-state index contributed by atoms with van der Waals surface area (Å²) in [4.78, 5) is 11.2. The summed E-state index contributed by atoms with van der Waals surface area (Å²) in [6, 6.07) is 0.0204. The topological polar surface area (TPSA) is 76.4 Å². The number of ether oxygens (including phenoxy) is 1. The number of esters is 1. The molecule has 0 aromatic carbocycles. The molecule has 1 saturated heterocycles. The van der Waals surface area contributed by atoms with Crippen LogP contribution >= 0.6 is 0 Å². The molecule has 0 aromatic heterocycles. The minimum Gasteiger partial charge on any atom is -0.468 e. The van der Waals surface area contributed by atoms with Crippen LogP contribution in [-0.2, 0) is 9.53 Å². The van der Waals surface area contributed by atoms with Gasteiger partial charge in [0.2, 0.25) is 0 Å². The third-order valence-electron chi connectivity index (χ3n) is 2.50. The first-order valence-electron chi connectivity index (χ1n) is 5.02. The summed E-state index contributed by atoms with van der Waals surface area (Å²) in [5.41, 5.74) is 5.49. The van der Waals surface area contributed by atoms with Gasteiger partial charge in [0.15, 0.2) is 0 Å². The molecule has 0 bridgehead atoms. The minimum absolute atomic E-state index is 0.272. The number of nitrogens with one attached hydrogen (secondary N) is 2. The van der Waals surface area contributed by atoms with Gasteiger partial charge in [0.1, 0.15) is 6.04 Å². The summed E-state index contributed by atoms with van der Waals surface area (Å²) in [5.74, 6) is -0.272. The lowest BCUT2D eigenvalue weighted by molar-refractivity contribution is -0.143. The molecule has 0 aromatic rings. The molecular weight excluding hydrogens is 182 g/mol. The SMILES string of the molecule is COC(=O)[C@@H](CN)NC1CCNCC1. The van der Waals surface area contributed by atoms with E-state index >= 15 is 0 Å². The average molecular weight is 201 g/mol. The lowest BCUT2D eigenvalue weighted by Crippen LogP contribution is -2.51. The van der Waals surface area contributed by atoms with Crippen molar-refractivity contribution in [1.82, 2.24) is 10.6 Å². The molecule has 1 aliphatic heterocycles. The Hall–Kier alpha value is -0.650. The Kier molecular flexibility index (Phi) is 4.86. The van der Waals surface area contributed by atoms with Crippen LogP contribution in [0, 0.1) is 0 Å². The summed E-state index contributed by atoms with van der Waals surface area (Å²) in [7, 11) is 1.38. The molecule has 1 rings (SSSR count). The zero-order chi connectivity index (χ0) is 10.4. The van der Waals surface area contributed by atoms with Gasteiger partial charge in [-0.05, 0) is 25.9 Å². The molecule has 5 heteroatoms. The van der Waals surface area contributed by atoms with Gasteiger partial charge in [-0.25, -0.2) is 0 Å². The zero-order valence-corrected chi connectivity index (χ0v) is 8.58. The number of rotatable bonds is 4. The van der Waals surface area contributed by atoms with Crippen LogP contribution in [0.15, 0.2) is 0 Å². The zero-order valence-electron chi connectivity index (χ0n) is 8.58. The molecule has 0 amide bonds. The number of hydrogen-bond acceptors (Lipinski definition) is 5. The summed E-state index contributed by atoms with van der Waals surface area (Å²) in [6.45, 7) is 2.28. The Morgan fingerprint density at radius 2 is 2.29 bits per heavy atom. The minimum atomic E-state index is -0.358. The van der Waals surface area contributed by atoms with Crippen molar-refractivity contribution in [3.8, 4) is 0 Å². The van der Waals surface area contributed by atoms with Gasteiger partial charge in [0.05, 0.1) is 7.11 Å². The highest BCUT2D eigenvalue weighted by molar-refractivity contribution is 5.75. The highest BCUT2D eigenvalue weighted by atomic mass is 16.5. The van der Waals surface area contributed by atoms with Crippen molar-refractivity contribution in [2.45, 2.75) is 24.9 Å². The largest absolute Gasteiger partial charge is 0.468 e. The molecule has 0 unspecified atom stereocenters. The summed E-state index contributed by atoms with van der Waals surface area (Å²) in [5, 5.41) is 6.48. The molecule has 0 spiro atoms. The van der Waals surface area contributed by atoms with Gasteiger partial charge in [0, 0.05) is 12.6 Å². The molecule has 82 valence electrons. The quantitative estimate of drug-likeness (QED) is 0.500. The van der Waals surface area contributed by atoms with Crippen LogP contribution in [0.25, 0.3) is 0 Å². The van der Waals surface area contributed by atoms with Gasteiger partial charge in [0.25, 0.3) is 0 Å². The van der Waals surface area contributed by atoms with Crippen molar-refractivity contribution >= 4 is 5.97 Å². The van der Waals surface area contributed by atoms with Crippen LogP contribution in [-0.4, -0.2) is 44.8 Å². The Labute approximate surface area is 84.4 Å². The van der Waals surface area contributed by atoms with Crippen LogP contribution in [0.4, 0.5) is 0 Å². The van der Waals surface area contributed by atoms with Gasteiger partial charge in [-0.2, -0.15) is 0 Å². The number of carbonyl (C=O) groups is 1. The summed E-state index contributed by atoms with van der Waals surface area (Å²) < 4.78 is 4.65. The predicted octanol–water partition coefficient (Wildman–Crippen LogP) is -1.17. The molecule has 4 N–H and O–H groups in total. The highest BCUT2D eigenvalue weighted by Crippen LogP contribution is 2.03. The third kappa shape index (κ3) is 3.25. The van der Waals surface area contributed by atoms with E-state index in [1.807, 2.05) is 0 Å².